The van der Waals surface area contributed by atoms with Gasteiger partial charge in [0.1, 0.15) is 0 Å². The number of likely N-dealkylation sites (N-methyl/N-ethyl adjacent to an activating group) is 1. The van der Waals surface area contributed by atoms with Crippen molar-refractivity contribution in [2.45, 2.75) is 26.3 Å². The Balaban J connectivity index is 1.48. The van der Waals surface area contributed by atoms with E-state index in [4.69, 9.17) is 16.0 Å². The highest BCUT2D eigenvalue weighted by Gasteiger charge is 2.17. The molecule has 0 atom stereocenters. The number of nitrogens with one attached hydrogen (secondary N) is 1. The van der Waals surface area contributed by atoms with E-state index in [0.29, 0.717) is 36.2 Å². The Morgan fingerprint density at radius 3 is 2.72 bits per heavy atom. The number of nitrogens with zero attached hydrogens (tertiary/aromatic N) is 2. The number of thiophene rings is 1. The third kappa shape index (κ3) is 6.17. The Kier molecular flexibility index (Phi) is 7.43. The largest absolute Gasteiger partial charge is 0.441 e. The van der Waals surface area contributed by atoms with Crippen molar-refractivity contribution in [1.29, 1.82) is 0 Å². The maximum atomic E-state index is 12.5. The monoisotopic (exact) mass is 431 g/mol. The summed E-state index contributed by atoms with van der Waals surface area (Å²) >= 11 is 7.48. The molecule has 8 heteroatoms. The molecule has 0 bridgehead atoms. The van der Waals surface area contributed by atoms with Crippen molar-refractivity contribution < 1.29 is 14.0 Å². The van der Waals surface area contributed by atoms with Gasteiger partial charge in [-0.3, -0.25) is 9.59 Å². The van der Waals surface area contributed by atoms with Crippen LogP contribution in [0.2, 0.25) is 5.02 Å². The lowest BCUT2D eigenvalue weighted by Gasteiger charge is -2.20. The number of amides is 2. The SMILES string of the molecule is CCN(CC(=O)NCc1cccs1)C(=O)CCc1ncc(-c2ccc(Cl)cc2)o1. The van der Waals surface area contributed by atoms with Crippen LogP contribution in [0.1, 0.15) is 24.1 Å². The Labute approximate surface area is 178 Å². The van der Waals surface area contributed by atoms with E-state index in [1.807, 2.05) is 36.6 Å². The molecule has 3 rings (SSSR count). The van der Waals surface area contributed by atoms with Crippen LogP contribution < -0.4 is 5.32 Å². The zero-order valence-corrected chi connectivity index (χ0v) is 17.6. The van der Waals surface area contributed by atoms with Gasteiger partial charge < -0.3 is 14.6 Å². The lowest BCUT2D eigenvalue weighted by Crippen LogP contribution is -2.40. The van der Waals surface area contributed by atoms with Crippen LogP contribution in [0.5, 0.6) is 0 Å². The molecule has 0 saturated carbocycles. The molecule has 0 radical (unpaired) electrons. The highest BCUT2D eigenvalue weighted by Crippen LogP contribution is 2.22. The summed E-state index contributed by atoms with van der Waals surface area (Å²) < 4.78 is 5.73. The molecular formula is C21H22ClN3O3S. The normalized spacial score (nSPS) is 10.7. The van der Waals surface area contributed by atoms with E-state index < -0.39 is 0 Å². The third-order valence-corrected chi connectivity index (χ3v) is 5.47. The minimum Gasteiger partial charge on any atom is -0.441 e. The molecule has 2 aromatic heterocycles. The minimum absolute atomic E-state index is 0.0440. The molecule has 29 heavy (non-hydrogen) atoms. The van der Waals surface area contributed by atoms with Crippen LogP contribution >= 0.6 is 22.9 Å². The number of carbonyl (C=O) groups excluding carboxylic acids is 2. The van der Waals surface area contributed by atoms with Crippen molar-refractivity contribution in [3.63, 3.8) is 0 Å². The molecule has 1 N–H and O–H groups in total. The van der Waals surface area contributed by atoms with Gasteiger partial charge in [0.25, 0.3) is 0 Å². The summed E-state index contributed by atoms with van der Waals surface area (Å²) in [5, 5.41) is 5.46. The summed E-state index contributed by atoms with van der Waals surface area (Å²) in [6.07, 6.45) is 2.24. The molecule has 0 aliphatic rings. The minimum atomic E-state index is -0.172. The lowest BCUT2D eigenvalue weighted by atomic mass is 10.2. The molecule has 2 amide bonds. The van der Waals surface area contributed by atoms with E-state index in [9.17, 15) is 9.59 Å². The van der Waals surface area contributed by atoms with Crippen LogP contribution in [0.25, 0.3) is 11.3 Å². The number of hydrogen-bond acceptors (Lipinski definition) is 5. The summed E-state index contributed by atoms with van der Waals surface area (Å²) in [7, 11) is 0. The van der Waals surface area contributed by atoms with Crippen molar-refractivity contribution in [3.8, 4) is 11.3 Å². The van der Waals surface area contributed by atoms with Crippen LogP contribution in [0.4, 0.5) is 0 Å². The lowest BCUT2D eigenvalue weighted by molar-refractivity contribution is -0.135. The molecule has 0 unspecified atom stereocenters. The summed E-state index contributed by atoms with van der Waals surface area (Å²) in [4.78, 5) is 31.5. The van der Waals surface area contributed by atoms with Crippen LogP contribution in [0, 0.1) is 0 Å². The van der Waals surface area contributed by atoms with Gasteiger partial charge in [-0.15, -0.1) is 11.3 Å². The first kappa shape index (κ1) is 21.1. The molecule has 0 aliphatic carbocycles. The van der Waals surface area contributed by atoms with Crippen LogP contribution in [0.15, 0.2) is 52.4 Å². The fraction of sp³-hybridized carbons (Fsp3) is 0.286. The number of halogens is 1. The number of hydrogen-bond donors (Lipinski definition) is 1. The molecule has 0 fully saturated rings. The number of oxazole rings is 1. The van der Waals surface area contributed by atoms with Gasteiger partial charge in [0.2, 0.25) is 11.8 Å². The van der Waals surface area contributed by atoms with Gasteiger partial charge in [-0.1, -0.05) is 17.7 Å². The third-order valence-electron chi connectivity index (χ3n) is 4.34. The van der Waals surface area contributed by atoms with Gasteiger partial charge in [-0.05, 0) is 42.6 Å². The first-order valence-corrected chi connectivity index (χ1v) is 10.6. The Morgan fingerprint density at radius 2 is 2.03 bits per heavy atom. The van der Waals surface area contributed by atoms with Crippen LogP contribution in [-0.2, 0) is 22.6 Å². The zero-order chi connectivity index (χ0) is 20.6. The molecular weight excluding hydrogens is 410 g/mol. The number of aryl methyl sites for hydroxylation is 1. The maximum Gasteiger partial charge on any atom is 0.239 e. The van der Waals surface area contributed by atoms with Crippen LogP contribution in [0.3, 0.4) is 0 Å². The highest BCUT2D eigenvalue weighted by atomic mass is 35.5. The van der Waals surface area contributed by atoms with E-state index in [0.717, 1.165) is 10.4 Å². The van der Waals surface area contributed by atoms with E-state index in [1.54, 1.807) is 29.7 Å². The number of carbonyl (C=O) groups is 2. The van der Waals surface area contributed by atoms with Crippen molar-refractivity contribution >= 4 is 34.8 Å². The molecule has 3 aromatic rings. The first-order chi connectivity index (χ1) is 14.0. The van der Waals surface area contributed by atoms with Crippen molar-refractivity contribution in [3.05, 3.63) is 63.8 Å². The molecule has 2 heterocycles. The Bertz CT molecular complexity index is 939. The van der Waals surface area contributed by atoms with Crippen molar-refractivity contribution in [1.82, 2.24) is 15.2 Å². The molecule has 0 saturated heterocycles. The van der Waals surface area contributed by atoms with Gasteiger partial charge in [0.15, 0.2) is 11.7 Å². The first-order valence-electron chi connectivity index (χ1n) is 9.32. The Morgan fingerprint density at radius 1 is 1.24 bits per heavy atom. The summed E-state index contributed by atoms with van der Waals surface area (Å²) in [6.45, 7) is 2.84. The second-order valence-electron chi connectivity index (χ2n) is 6.39. The zero-order valence-electron chi connectivity index (χ0n) is 16.1. The maximum absolute atomic E-state index is 12.5. The molecule has 0 aliphatic heterocycles. The quantitative estimate of drug-likeness (QED) is 0.552. The number of aromatic nitrogens is 1. The fourth-order valence-corrected chi connectivity index (χ4v) is 3.52. The predicted molar refractivity (Wildman–Crippen MR) is 114 cm³/mol. The molecule has 152 valence electrons. The topological polar surface area (TPSA) is 75.4 Å². The summed E-state index contributed by atoms with van der Waals surface area (Å²) in [6, 6.07) is 11.2. The highest BCUT2D eigenvalue weighted by molar-refractivity contribution is 7.09. The average Bonchev–Trinajstić information content (AvgIpc) is 3.41. The number of benzene rings is 1. The van der Waals surface area contributed by atoms with E-state index in [-0.39, 0.29) is 24.8 Å². The van der Waals surface area contributed by atoms with Crippen molar-refractivity contribution in [2.75, 3.05) is 13.1 Å². The van der Waals surface area contributed by atoms with E-state index in [2.05, 4.69) is 10.3 Å². The summed E-state index contributed by atoms with van der Waals surface area (Å²) in [5.41, 5.74) is 0.872. The average molecular weight is 432 g/mol. The van der Waals surface area contributed by atoms with Gasteiger partial charge in [0, 0.05) is 34.8 Å². The predicted octanol–water partition coefficient (Wildman–Crippen LogP) is 4.15. The van der Waals surface area contributed by atoms with E-state index in [1.165, 1.54) is 4.90 Å². The Hall–Kier alpha value is -2.64. The second-order valence-corrected chi connectivity index (χ2v) is 7.86. The van der Waals surface area contributed by atoms with Gasteiger partial charge >= 0.3 is 0 Å². The standard InChI is InChI=1S/C21H22ClN3O3S/c1-2-25(14-19(26)23-12-17-4-3-11-29-17)21(27)10-9-20-24-13-18(28-20)15-5-7-16(22)8-6-15/h3-8,11,13H,2,9-10,12,14H2,1H3,(H,23,26). The molecule has 0 spiro atoms. The smallest absolute Gasteiger partial charge is 0.239 e. The van der Waals surface area contributed by atoms with Gasteiger partial charge in [-0.25, -0.2) is 4.98 Å². The van der Waals surface area contributed by atoms with Gasteiger partial charge in [0.05, 0.1) is 19.3 Å². The number of rotatable bonds is 9. The van der Waals surface area contributed by atoms with Crippen molar-refractivity contribution in [2.24, 2.45) is 0 Å². The second kappa shape index (κ2) is 10.2. The summed E-state index contributed by atoms with van der Waals surface area (Å²) in [5.74, 6) is 0.839. The fourth-order valence-electron chi connectivity index (χ4n) is 2.75. The van der Waals surface area contributed by atoms with Crippen LogP contribution in [-0.4, -0.2) is 34.8 Å². The molecule has 1 aromatic carbocycles. The van der Waals surface area contributed by atoms with E-state index >= 15 is 0 Å². The van der Waals surface area contributed by atoms with Gasteiger partial charge in [-0.2, -0.15) is 0 Å². The molecule has 6 nitrogen and oxygen atoms in total.